The highest BCUT2D eigenvalue weighted by atomic mass is 32.2. The highest BCUT2D eigenvalue weighted by molar-refractivity contribution is 7.99. The number of thioether (sulfide) groups is 1. The molecule has 2 aromatic rings. The molecule has 0 radical (unpaired) electrons. The molecule has 0 aliphatic heterocycles. The van der Waals surface area contributed by atoms with E-state index < -0.39 is 0 Å². The van der Waals surface area contributed by atoms with E-state index in [2.05, 4.69) is 69.3 Å². The number of hydrogen-bond donors (Lipinski definition) is 0. The van der Waals surface area contributed by atoms with Crippen molar-refractivity contribution in [2.24, 2.45) is 5.41 Å². The zero-order chi connectivity index (χ0) is 16.0. The molecular formula is C20H24OS. The molecule has 0 saturated carbocycles. The molecule has 0 fully saturated rings. The molecule has 0 N–H and O–H groups in total. The van der Waals surface area contributed by atoms with Gasteiger partial charge >= 0.3 is 0 Å². The van der Waals surface area contributed by atoms with Crippen molar-refractivity contribution in [2.75, 3.05) is 5.75 Å². The minimum atomic E-state index is 0.0430. The predicted octanol–water partition coefficient (Wildman–Crippen LogP) is 5.29. The maximum Gasteiger partial charge on any atom is 0.120 e. The molecule has 0 aliphatic rings. The molecular weight excluding hydrogens is 288 g/mol. The maximum absolute atomic E-state index is 10.8. The molecule has 0 bridgehead atoms. The first-order chi connectivity index (χ1) is 10.5. The topological polar surface area (TPSA) is 17.1 Å². The molecule has 0 amide bonds. The largest absolute Gasteiger partial charge is 0.303 e. The van der Waals surface area contributed by atoms with Crippen LogP contribution in [0.2, 0.25) is 0 Å². The van der Waals surface area contributed by atoms with Crippen LogP contribution in [0.4, 0.5) is 0 Å². The molecule has 0 heterocycles. The Kier molecular flexibility index (Phi) is 5.84. The average molecular weight is 312 g/mol. The summed E-state index contributed by atoms with van der Waals surface area (Å²) in [6, 6.07) is 17.2. The summed E-state index contributed by atoms with van der Waals surface area (Å²) in [7, 11) is 0. The molecule has 22 heavy (non-hydrogen) atoms. The van der Waals surface area contributed by atoms with Crippen molar-refractivity contribution in [3.8, 4) is 0 Å². The lowest BCUT2D eigenvalue weighted by atomic mass is 9.93. The van der Waals surface area contributed by atoms with Gasteiger partial charge in [0, 0.05) is 17.1 Å². The van der Waals surface area contributed by atoms with Crippen molar-refractivity contribution in [1.29, 1.82) is 0 Å². The van der Waals surface area contributed by atoms with E-state index in [-0.39, 0.29) is 5.41 Å². The van der Waals surface area contributed by atoms with E-state index in [0.717, 1.165) is 18.5 Å². The second kappa shape index (κ2) is 7.64. The van der Waals surface area contributed by atoms with E-state index in [1.54, 1.807) is 0 Å². The van der Waals surface area contributed by atoms with Crippen LogP contribution in [0.15, 0.2) is 53.4 Å². The number of benzene rings is 2. The Balaban J connectivity index is 2.15. The first kappa shape index (κ1) is 16.8. The summed E-state index contributed by atoms with van der Waals surface area (Å²) >= 11 is 1.86. The lowest BCUT2D eigenvalue weighted by Crippen LogP contribution is -2.15. The van der Waals surface area contributed by atoms with Crippen LogP contribution in [0.25, 0.3) is 0 Å². The molecule has 1 nitrogen and oxygen atoms in total. The summed E-state index contributed by atoms with van der Waals surface area (Å²) in [4.78, 5) is 12.1. The van der Waals surface area contributed by atoms with Crippen molar-refractivity contribution in [1.82, 2.24) is 0 Å². The third kappa shape index (κ3) is 5.03. The van der Waals surface area contributed by atoms with Crippen molar-refractivity contribution in [3.63, 3.8) is 0 Å². The van der Waals surface area contributed by atoms with E-state index >= 15 is 0 Å². The number of carbonyl (C=O) groups is 1. The Morgan fingerprint density at radius 2 is 1.82 bits per heavy atom. The Labute approximate surface area is 138 Å². The van der Waals surface area contributed by atoms with Crippen LogP contribution in [0.3, 0.4) is 0 Å². The SMILES string of the molecule is Cc1ccc(SCC(C)(C)CC=O)c(Cc2ccccc2)c1. The van der Waals surface area contributed by atoms with Crippen LogP contribution < -0.4 is 0 Å². The number of rotatable bonds is 7. The van der Waals surface area contributed by atoms with Gasteiger partial charge in [-0.1, -0.05) is 61.9 Å². The van der Waals surface area contributed by atoms with Gasteiger partial charge in [-0.15, -0.1) is 11.8 Å². The molecule has 116 valence electrons. The third-order valence-corrected chi connectivity index (χ3v) is 5.34. The Hall–Kier alpha value is -1.54. The average Bonchev–Trinajstić information content (AvgIpc) is 2.47. The summed E-state index contributed by atoms with van der Waals surface area (Å²) in [5.74, 6) is 0.955. The predicted molar refractivity (Wildman–Crippen MR) is 95.6 cm³/mol. The number of carbonyl (C=O) groups excluding carboxylic acids is 1. The summed E-state index contributed by atoms with van der Waals surface area (Å²) in [5.41, 5.74) is 4.05. The van der Waals surface area contributed by atoms with Crippen LogP contribution in [0.1, 0.15) is 37.0 Å². The molecule has 0 saturated heterocycles. The second-order valence-electron chi connectivity index (χ2n) is 6.60. The van der Waals surface area contributed by atoms with Gasteiger partial charge in [0.25, 0.3) is 0 Å². The van der Waals surface area contributed by atoms with Gasteiger partial charge < -0.3 is 4.79 Å². The summed E-state index contributed by atoms with van der Waals surface area (Å²) in [5, 5.41) is 0. The fraction of sp³-hybridized carbons (Fsp3) is 0.350. The van der Waals surface area contributed by atoms with Gasteiger partial charge in [-0.3, -0.25) is 0 Å². The molecule has 0 spiro atoms. The standard InChI is InChI=1S/C20H24OS/c1-16-9-10-19(22-15-20(2,3)11-12-21)18(13-16)14-17-7-5-4-6-8-17/h4-10,12-13H,11,14-15H2,1-3H3. The van der Waals surface area contributed by atoms with Gasteiger partial charge in [-0.25, -0.2) is 0 Å². The Morgan fingerprint density at radius 1 is 1.09 bits per heavy atom. The van der Waals surface area contributed by atoms with E-state index in [9.17, 15) is 4.79 Å². The first-order valence-electron chi connectivity index (χ1n) is 7.70. The van der Waals surface area contributed by atoms with Gasteiger partial charge in [0.2, 0.25) is 0 Å². The van der Waals surface area contributed by atoms with Crippen molar-refractivity contribution < 1.29 is 4.79 Å². The van der Waals surface area contributed by atoms with Crippen molar-refractivity contribution in [2.45, 2.75) is 38.5 Å². The molecule has 2 heteroatoms. The fourth-order valence-corrected chi connectivity index (χ4v) is 3.51. The smallest absolute Gasteiger partial charge is 0.120 e. The molecule has 2 aromatic carbocycles. The summed E-state index contributed by atoms with van der Waals surface area (Å²) in [6.07, 6.45) is 2.60. The second-order valence-corrected chi connectivity index (χ2v) is 7.61. The monoisotopic (exact) mass is 312 g/mol. The fourth-order valence-electron chi connectivity index (χ4n) is 2.36. The zero-order valence-electron chi connectivity index (χ0n) is 13.6. The third-order valence-electron chi connectivity index (χ3n) is 3.71. The number of hydrogen-bond acceptors (Lipinski definition) is 2. The number of aldehydes is 1. The highest BCUT2D eigenvalue weighted by Gasteiger charge is 2.18. The number of aryl methyl sites for hydroxylation is 1. The van der Waals surface area contributed by atoms with Crippen molar-refractivity contribution >= 4 is 18.0 Å². The quantitative estimate of drug-likeness (QED) is 0.510. The van der Waals surface area contributed by atoms with Crippen LogP contribution in [0, 0.1) is 12.3 Å². The summed E-state index contributed by atoms with van der Waals surface area (Å²) in [6.45, 7) is 6.44. The van der Waals surface area contributed by atoms with E-state index in [1.165, 1.54) is 21.6 Å². The normalized spacial score (nSPS) is 11.4. The maximum atomic E-state index is 10.8. The van der Waals surface area contributed by atoms with Gasteiger partial charge in [0.15, 0.2) is 0 Å². The van der Waals surface area contributed by atoms with Crippen LogP contribution in [-0.2, 0) is 11.2 Å². The van der Waals surface area contributed by atoms with Gasteiger partial charge in [-0.2, -0.15) is 0 Å². The highest BCUT2D eigenvalue weighted by Crippen LogP contribution is 2.32. The molecule has 0 atom stereocenters. The zero-order valence-corrected chi connectivity index (χ0v) is 14.5. The van der Waals surface area contributed by atoms with Crippen LogP contribution >= 0.6 is 11.8 Å². The first-order valence-corrected chi connectivity index (χ1v) is 8.69. The minimum Gasteiger partial charge on any atom is -0.303 e. The minimum absolute atomic E-state index is 0.0430. The Morgan fingerprint density at radius 3 is 2.50 bits per heavy atom. The van der Waals surface area contributed by atoms with Crippen LogP contribution in [0.5, 0.6) is 0 Å². The molecule has 2 rings (SSSR count). The van der Waals surface area contributed by atoms with E-state index in [1.807, 2.05) is 11.8 Å². The van der Waals surface area contributed by atoms with E-state index in [0.29, 0.717) is 6.42 Å². The molecule has 0 aliphatic carbocycles. The summed E-state index contributed by atoms with van der Waals surface area (Å²) < 4.78 is 0. The lowest BCUT2D eigenvalue weighted by molar-refractivity contribution is -0.109. The van der Waals surface area contributed by atoms with E-state index in [4.69, 9.17) is 0 Å². The van der Waals surface area contributed by atoms with Crippen LogP contribution in [-0.4, -0.2) is 12.0 Å². The molecule has 0 unspecified atom stereocenters. The lowest BCUT2D eigenvalue weighted by Gasteiger charge is -2.22. The molecule has 0 aromatic heterocycles. The van der Waals surface area contributed by atoms with Crippen molar-refractivity contribution in [3.05, 3.63) is 65.2 Å². The van der Waals surface area contributed by atoms with Gasteiger partial charge in [0.05, 0.1) is 0 Å². The Bertz CT molecular complexity index is 617. The van der Waals surface area contributed by atoms with Gasteiger partial charge in [-0.05, 0) is 36.0 Å². The van der Waals surface area contributed by atoms with Gasteiger partial charge in [0.1, 0.15) is 6.29 Å².